The molecule has 2 rings (SSSR count). The minimum Gasteiger partial charge on any atom is -0.494 e. The fourth-order valence-electron chi connectivity index (χ4n) is 1.58. The lowest BCUT2D eigenvalue weighted by Crippen LogP contribution is -2.30. The van der Waals surface area contributed by atoms with Crippen molar-refractivity contribution in [3.63, 3.8) is 0 Å². The zero-order valence-electron chi connectivity index (χ0n) is 10.7. The number of esters is 1. The summed E-state index contributed by atoms with van der Waals surface area (Å²) in [6, 6.07) is 2.99. The van der Waals surface area contributed by atoms with Gasteiger partial charge in [-0.05, 0) is 25.0 Å². The predicted octanol–water partition coefficient (Wildman–Crippen LogP) is 2.44. The minimum absolute atomic E-state index is 0.167. The summed E-state index contributed by atoms with van der Waals surface area (Å²) < 4.78 is 9.87. The van der Waals surface area contributed by atoms with Gasteiger partial charge in [-0.15, -0.1) is 0 Å². The average Bonchev–Trinajstić information content (AvgIpc) is 3.19. The third-order valence-electron chi connectivity index (χ3n) is 2.71. The number of nitrogens with one attached hydrogen (secondary N) is 1. The Morgan fingerprint density at radius 1 is 1.30 bits per heavy atom. The lowest BCUT2D eigenvalue weighted by molar-refractivity contribution is -0.124. The Bertz CT molecular complexity index is 520. The fourth-order valence-corrected chi connectivity index (χ4v) is 2.23. The molecule has 7 heteroatoms. The molecule has 1 aliphatic carbocycles. The minimum atomic E-state index is -0.664. The van der Waals surface area contributed by atoms with Crippen LogP contribution in [0.1, 0.15) is 23.2 Å². The molecule has 1 amide bonds. The monoisotopic (exact) mass is 317 g/mol. The molecule has 0 unspecified atom stereocenters. The lowest BCUT2D eigenvalue weighted by Gasteiger charge is -2.09. The second kappa shape index (κ2) is 6.33. The average molecular weight is 318 g/mol. The van der Waals surface area contributed by atoms with Gasteiger partial charge in [-0.2, -0.15) is 0 Å². The summed E-state index contributed by atoms with van der Waals surface area (Å²) in [4.78, 5) is 23.2. The number of methoxy groups -OCH3 is 1. The van der Waals surface area contributed by atoms with Crippen molar-refractivity contribution in [1.82, 2.24) is 5.32 Å². The quantitative estimate of drug-likeness (QED) is 0.847. The van der Waals surface area contributed by atoms with Crippen molar-refractivity contribution in [1.29, 1.82) is 0 Å². The highest BCUT2D eigenvalue weighted by Gasteiger charge is 2.24. The predicted molar refractivity (Wildman–Crippen MR) is 74.5 cm³/mol. The molecular formula is C13H13Cl2NO4. The van der Waals surface area contributed by atoms with E-state index in [0.29, 0.717) is 0 Å². The van der Waals surface area contributed by atoms with Crippen LogP contribution in [0.2, 0.25) is 10.0 Å². The number of rotatable bonds is 5. The Labute approximate surface area is 126 Å². The molecule has 1 fully saturated rings. The molecule has 0 atom stereocenters. The van der Waals surface area contributed by atoms with E-state index >= 15 is 0 Å². The van der Waals surface area contributed by atoms with Crippen LogP contribution in [0.5, 0.6) is 5.75 Å². The van der Waals surface area contributed by atoms with Crippen LogP contribution in [0.25, 0.3) is 0 Å². The first-order valence-electron chi connectivity index (χ1n) is 6.00. The standard InChI is InChI=1S/C13H13Cl2NO4/c1-19-12-9(14)4-7(5-10(12)15)13(18)20-6-11(17)16-8-2-3-8/h4-5,8H,2-3,6H2,1H3,(H,16,17). The van der Waals surface area contributed by atoms with Crippen molar-refractivity contribution in [2.45, 2.75) is 18.9 Å². The molecule has 0 aliphatic heterocycles. The van der Waals surface area contributed by atoms with Crippen molar-refractivity contribution < 1.29 is 19.1 Å². The maximum absolute atomic E-state index is 11.8. The van der Waals surface area contributed by atoms with Gasteiger partial charge in [0.05, 0.1) is 22.7 Å². The molecular weight excluding hydrogens is 305 g/mol. The van der Waals surface area contributed by atoms with E-state index in [2.05, 4.69) is 5.32 Å². The highest BCUT2D eigenvalue weighted by atomic mass is 35.5. The van der Waals surface area contributed by atoms with Crippen LogP contribution >= 0.6 is 23.2 Å². The number of ether oxygens (including phenoxy) is 2. The first-order chi connectivity index (χ1) is 9.51. The molecule has 108 valence electrons. The molecule has 20 heavy (non-hydrogen) atoms. The number of hydrogen-bond acceptors (Lipinski definition) is 4. The highest BCUT2D eigenvalue weighted by molar-refractivity contribution is 6.37. The summed E-state index contributed by atoms with van der Waals surface area (Å²) in [6.45, 7) is -0.323. The topological polar surface area (TPSA) is 64.6 Å². The summed E-state index contributed by atoms with van der Waals surface area (Å²) >= 11 is 11.8. The first-order valence-corrected chi connectivity index (χ1v) is 6.76. The van der Waals surface area contributed by atoms with Crippen molar-refractivity contribution in [2.75, 3.05) is 13.7 Å². The van der Waals surface area contributed by atoms with Gasteiger partial charge < -0.3 is 14.8 Å². The molecule has 0 heterocycles. The zero-order valence-corrected chi connectivity index (χ0v) is 12.3. The van der Waals surface area contributed by atoms with Gasteiger partial charge in [0.1, 0.15) is 0 Å². The maximum Gasteiger partial charge on any atom is 0.338 e. The van der Waals surface area contributed by atoms with E-state index in [1.165, 1.54) is 19.2 Å². The fraction of sp³-hybridized carbons (Fsp3) is 0.385. The zero-order chi connectivity index (χ0) is 14.7. The normalized spacial score (nSPS) is 13.8. The second-order valence-electron chi connectivity index (χ2n) is 4.39. The van der Waals surface area contributed by atoms with Crippen molar-refractivity contribution in [2.24, 2.45) is 0 Å². The summed E-state index contributed by atoms with van der Waals surface area (Å²) in [6.07, 6.45) is 1.95. The van der Waals surface area contributed by atoms with Gasteiger partial charge in [0, 0.05) is 6.04 Å². The van der Waals surface area contributed by atoms with E-state index in [4.69, 9.17) is 32.7 Å². The van der Waals surface area contributed by atoms with Crippen LogP contribution in [0.4, 0.5) is 0 Å². The maximum atomic E-state index is 11.8. The van der Waals surface area contributed by atoms with E-state index in [-0.39, 0.29) is 39.9 Å². The van der Waals surface area contributed by atoms with Crippen LogP contribution in [-0.2, 0) is 9.53 Å². The number of carbonyl (C=O) groups excluding carboxylic acids is 2. The second-order valence-corrected chi connectivity index (χ2v) is 5.21. The van der Waals surface area contributed by atoms with Gasteiger partial charge in [-0.3, -0.25) is 4.79 Å². The van der Waals surface area contributed by atoms with Crippen LogP contribution in [0, 0.1) is 0 Å². The van der Waals surface area contributed by atoms with Crippen LogP contribution in [0.3, 0.4) is 0 Å². The van der Waals surface area contributed by atoms with E-state index in [9.17, 15) is 9.59 Å². The van der Waals surface area contributed by atoms with Gasteiger partial charge >= 0.3 is 5.97 Å². The molecule has 0 spiro atoms. The van der Waals surface area contributed by atoms with Crippen molar-refractivity contribution in [3.8, 4) is 5.75 Å². The molecule has 1 N–H and O–H groups in total. The molecule has 0 aromatic heterocycles. The number of carbonyl (C=O) groups is 2. The summed E-state index contributed by atoms with van der Waals surface area (Å²) in [5.74, 6) is -0.690. The van der Waals surface area contributed by atoms with E-state index in [1.807, 2.05) is 0 Å². The Hall–Kier alpha value is -1.46. The van der Waals surface area contributed by atoms with Gasteiger partial charge in [0.25, 0.3) is 5.91 Å². The molecule has 1 saturated carbocycles. The Balaban J connectivity index is 1.96. The van der Waals surface area contributed by atoms with E-state index < -0.39 is 5.97 Å². The van der Waals surface area contributed by atoms with Crippen LogP contribution < -0.4 is 10.1 Å². The number of benzene rings is 1. The van der Waals surface area contributed by atoms with Crippen LogP contribution in [-0.4, -0.2) is 31.6 Å². The van der Waals surface area contributed by atoms with Crippen molar-refractivity contribution in [3.05, 3.63) is 27.7 Å². The molecule has 1 aromatic rings. The van der Waals surface area contributed by atoms with Gasteiger partial charge in [-0.25, -0.2) is 4.79 Å². The summed E-state index contributed by atoms with van der Waals surface area (Å²) in [5, 5.41) is 3.12. The molecule has 5 nitrogen and oxygen atoms in total. The first kappa shape index (κ1) is 14.9. The molecule has 0 radical (unpaired) electrons. The molecule has 1 aromatic carbocycles. The molecule has 0 saturated heterocycles. The highest BCUT2D eigenvalue weighted by Crippen LogP contribution is 2.33. The third-order valence-corrected chi connectivity index (χ3v) is 3.28. The number of amides is 1. The largest absolute Gasteiger partial charge is 0.494 e. The van der Waals surface area contributed by atoms with E-state index in [1.54, 1.807) is 0 Å². The van der Waals surface area contributed by atoms with Crippen molar-refractivity contribution >= 4 is 35.1 Å². The number of halogens is 2. The van der Waals surface area contributed by atoms with Gasteiger partial charge in [0.15, 0.2) is 12.4 Å². The van der Waals surface area contributed by atoms with Gasteiger partial charge in [-0.1, -0.05) is 23.2 Å². The SMILES string of the molecule is COc1c(Cl)cc(C(=O)OCC(=O)NC2CC2)cc1Cl. The van der Waals surface area contributed by atoms with Gasteiger partial charge in [0.2, 0.25) is 0 Å². The lowest BCUT2D eigenvalue weighted by atomic mass is 10.2. The Morgan fingerprint density at radius 2 is 1.90 bits per heavy atom. The molecule has 1 aliphatic rings. The Morgan fingerprint density at radius 3 is 2.40 bits per heavy atom. The molecule has 0 bridgehead atoms. The summed E-state index contributed by atoms with van der Waals surface area (Å²) in [7, 11) is 1.42. The summed E-state index contributed by atoms with van der Waals surface area (Å²) in [5.41, 5.74) is 0.167. The third kappa shape index (κ3) is 3.77. The number of hydrogen-bond donors (Lipinski definition) is 1. The van der Waals surface area contributed by atoms with E-state index in [0.717, 1.165) is 12.8 Å². The van der Waals surface area contributed by atoms with Crippen LogP contribution in [0.15, 0.2) is 12.1 Å². The smallest absolute Gasteiger partial charge is 0.338 e. The Kier molecular flexibility index (Phi) is 4.73.